The van der Waals surface area contributed by atoms with Gasteiger partial charge in [-0.25, -0.2) is 9.48 Å². The third kappa shape index (κ3) is 2.46. The predicted molar refractivity (Wildman–Crippen MR) is 86.7 cm³/mol. The summed E-state index contributed by atoms with van der Waals surface area (Å²) in [5.74, 6) is 0.179. The normalized spacial score (nSPS) is 10.7. The lowest BCUT2D eigenvalue weighted by molar-refractivity contribution is 0.0595. The maximum atomic E-state index is 12.0. The van der Waals surface area contributed by atoms with Crippen LogP contribution in [0.2, 0.25) is 0 Å². The molecule has 0 saturated carbocycles. The van der Waals surface area contributed by atoms with Gasteiger partial charge in [0.15, 0.2) is 5.69 Å². The summed E-state index contributed by atoms with van der Waals surface area (Å²) in [6, 6.07) is 13.2. The summed E-state index contributed by atoms with van der Waals surface area (Å²) < 4.78 is 12.7. The number of hydrogen-bond acceptors (Lipinski definition) is 4. The van der Waals surface area contributed by atoms with Crippen molar-refractivity contribution in [2.75, 3.05) is 14.2 Å². The Balaban J connectivity index is 2.29. The molecule has 5 nitrogen and oxygen atoms in total. The first-order valence-electron chi connectivity index (χ1n) is 6.55. The Morgan fingerprint density at radius 2 is 2.00 bits per heavy atom. The minimum atomic E-state index is -0.480. The van der Waals surface area contributed by atoms with E-state index in [2.05, 4.69) is 21.0 Å². The van der Waals surface area contributed by atoms with E-state index in [-0.39, 0.29) is 5.69 Å². The molecule has 0 atom stereocenters. The molecule has 0 aliphatic carbocycles. The molecule has 6 heteroatoms. The number of aromatic nitrogens is 2. The van der Waals surface area contributed by atoms with E-state index in [9.17, 15) is 4.79 Å². The maximum Gasteiger partial charge on any atom is 0.359 e. The number of benzene rings is 2. The van der Waals surface area contributed by atoms with Crippen molar-refractivity contribution in [1.82, 2.24) is 9.78 Å². The van der Waals surface area contributed by atoms with Crippen LogP contribution in [0.3, 0.4) is 0 Å². The Hall–Kier alpha value is -2.34. The van der Waals surface area contributed by atoms with Gasteiger partial charge in [-0.3, -0.25) is 0 Å². The Morgan fingerprint density at radius 1 is 1.18 bits per heavy atom. The van der Waals surface area contributed by atoms with Crippen LogP contribution in [0.1, 0.15) is 10.5 Å². The Bertz CT molecular complexity index is 858. The number of ether oxygens (including phenoxy) is 2. The van der Waals surface area contributed by atoms with Crippen molar-refractivity contribution >= 4 is 32.8 Å². The zero-order valence-electron chi connectivity index (χ0n) is 12.0. The topological polar surface area (TPSA) is 53.3 Å². The van der Waals surface area contributed by atoms with Crippen LogP contribution in [0.15, 0.2) is 46.9 Å². The van der Waals surface area contributed by atoms with Gasteiger partial charge in [0.1, 0.15) is 5.75 Å². The molecule has 0 spiro atoms. The van der Waals surface area contributed by atoms with Crippen molar-refractivity contribution in [1.29, 1.82) is 0 Å². The fourth-order valence-electron chi connectivity index (χ4n) is 2.28. The summed E-state index contributed by atoms with van der Waals surface area (Å²) in [5.41, 5.74) is 1.91. The fourth-order valence-corrected chi connectivity index (χ4v) is 2.66. The zero-order chi connectivity index (χ0) is 15.7. The van der Waals surface area contributed by atoms with Gasteiger partial charge in [-0.15, -0.1) is 0 Å². The third-order valence-electron chi connectivity index (χ3n) is 3.32. The van der Waals surface area contributed by atoms with Gasteiger partial charge < -0.3 is 9.47 Å². The average Bonchev–Trinajstić information content (AvgIpc) is 2.92. The minimum absolute atomic E-state index is 0.261. The number of carbonyl (C=O) groups excluding carboxylic acids is 1. The van der Waals surface area contributed by atoms with E-state index in [1.54, 1.807) is 17.9 Å². The van der Waals surface area contributed by atoms with Crippen LogP contribution in [-0.4, -0.2) is 30.0 Å². The van der Waals surface area contributed by atoms with Crippen LogP contribution in [0, 0.1) is 0 Å². The molecule has 0 aliphatic heterocycles. The van der Waals surface area contributed by atoms with Gasteiger partial charge in [0.25, 0.3) is 0 Å². The molecule has 0 bridgehead atoms. The van der Waals surface area contributed by atoms with Crippen LogP contribution in [0.25, 0.3) is 16.6 Å². The van der Waals surface area contributed by atoms with Crippen molar-refractivity contribution in [2.24, 2.45) is 0 Å². The van der Waals surface area contributed by atoms with Gasteiger partial charge in [0.05, 0.1) is 25.4 Å². The SMILES string of the molecule is COC(=O)c1nn(-c2cccc(Br)c2)c2ccc(OC)cc12. The quantitative estimate of drug-likeness (QED) is 0.669. The van der Waals surface area contributed by atoms with E-state index in [1.165, 1.54) is 7.11 Å². The maximum absolute atomic E-state index is 12.0. The number of methoxy groups -OCH3 is 2. The first-order chi connectivity index (χ1) is 10.6. The molecule has 0 amide bonds. The van der Waals surface area contributed by atoms with Crippen molar-refractivity contribution in [3.63, 3.8) is 0 Å². The van der Waals surface area contributed by atoms with Crippen molar-refractivity contribution < 1.29 is 14.3 Å². The lowest BCUT2D eigenvalue weighted by Crippen LogP contribution is -2.04. The molecule has 2 aromatic carbocycles. The van der Waals surface area contributed by atoms with E-state index < -0.39 is 5.97 Å². The average molecular weight is 361 g/mol. The largest absolute Gasteiger partial charge is 0.497 e. The minimum Gasteiger partial charge on any atom is -0.497 e. The second kappa shape index (κ2) is 5.81. The molecular weight excluding hydrogens is 348 g/mol. The van der Waals surface area contributed by atoms with Crippen molar-refractivity contribution in [3.05, 3.63) is 52.6 Å². The van der Waals surface area contributed by atoms with Gasteiger partial charge in [0.2, 0.25) is 0 Å². The van der Waals surface area contributed by atoms with Crippen LogP contribution in [0.4, 0.5) is 0 Å². The Kier molecular flexibility index (Phi) is 3.85. The first-order valence-corrected chi connectivity index (χ1v) is 7.34. The van der Waals surface area contributed by atoms with Gasteiger partial charge in [-0.05, 0) is 36.4 Å². The van der Waals surface area contributed by atoms with Gasteiger partial charge in [-0.1, -0.05) is 22.0 Å². The van der Waals surface area contributed by atoms with E-state index in [0.717, 1.165) is 15.7 Å². The highest BCUT2D eigenvalue weighted by Gasteiger charge is 2.19. The third-order valence-corrected chi connectivity index (χ3v) is 3.81. The molecule has 22 heavy (non-hydrogen) atoms. The number of nitrogens with zero attached hydrogens (tertiary/aromatic N) is 2. The van der Waals surface area contributed by atoms with Crippen LogP contribution in [0.5, 0.6) is 5.75 Å². The molecule has 0 radical (unpaired) electrons. The summed E-state index contributed by atoms with van der Waals surface area (Å²) >= 11 is 3.44. The lowest BCUT2D eigenvalue weighted by atomic mass is 10.2. The molecule has 112 valence electrons. The first kappa shape index (κ1) is 14.6. The molecule has 3 rings (SSSR count). The molecule has 0 aliphatic rings. The van der Waals surface area contributed by atoms with E-state index in [0.29, 0.717) is 11.1 Å². The summed E-state index contributed by atoms with van der Waals surface area (Å²) in [6.07, 6.45) is 0. The molecule has 1 heterocycles. The second-order valence-corrected chi connectivity index (χ2v) is 5.53. The van der Waals surface area contributed by atoms with Crippen LogP contribution < -0.4 is 4.74 Å². The fraction of sp³-hybridized carbons (Fsp3) is 0.125. The highest BCUT2D eigenvalue weighted by molar-refractivity contribution is 9.10. The predicted octanol–water partition coefficient (Wildman–Crippen LogP) is 3.58. The molecule has 0 saturated heterocycles. The number of halogens is 1. The summed E-state index contributed by atoms with van der Waals surface area (Å²) in [5, 5.41) is 5.10. The monoisotopic (exact) mass is 360 g/mol. The van der Waals surface area contributed by atoms with Crippen LogP contribution >= 0.6 is 15.9 Å². The molecule has 3 aromatic rings. The molecule has 0 unspecified atom stereocenters. The molecular formula is C16H13BrN2O3. The van der Waals surface area contributed by atoms with Gasteiger partial charge in [-0.2, -0.15) is 5.10 Å². The summed E-state index contributed by atoms with van der Waals surface area (Å²) in [7, 11) is 2.92. The van der Waals surface area contributed by atoms with Crippen molar-refractivity contribution in [2.45, 2.75) is 0 Å². The summed E-state index contributed by atoms with van der Waals surface area (Å²) in [4.78, 5) is 12.0. The van der Waals surface area contributed by atoms with E-state index in [1.807, 2.05) is 36.4 Å². The van der Waals surface area contributed by atoms with Crippen molar-refractivity contribution in [3.8, 4) is 11.4 Å². The lowest BCUT2D eigenvalue weighted by Gasteiger charge is -2.04. The second-order valence-electron chi connectivity index (χ2n) is 4.61. The summed E-state index contributed by atoms with van der Waals surface area (Å²) in [6.45, 7) is 0. The Morgan fingerprint density at radius 3 is 2.68 bits per heavy atom. The highest BCUT2D eigenvalue weighted by Crippen LogP contribution is 2.27. The number of rotatable bonds is 3. The number of carbonyl (C=O) groups is 1. The Labute approximate surface area is 135 Å². The standard InChI is InChI=1S/C16H13BrN2O3/c1-21-12-6-7-14-13(9-12)15(16(20)22-2)18-19(14)11-5-3-4-10(17)8-11/h3-9H,1-2H3. The molecule has 0 fully saturated rings. The number of esters is 1. The van der Waals surface area contributed by atoms with Gasteiger partial charge >= 0.3 is 5.97 Å². The molecule has 1 aromatic heterocycles. The highest BCUT2D eigenvalue weighted by atomic mass is 79.9. The number of hydrogen-bond donors (Lipinski definition) is 0. The zero-order valence-corrected chi connectivity index (χ0v) is 13.6. The van der Waals surface area contributed by atoms with E-state index in [4.69, 9.17) is 9.47 Å². The smallest absolute Gasteiger partial charge is 0.359 e. The van der Waals surface area contributed by atoms with Gasteiger partial charge in [0, 0.05) is 9.86 Å². The van der Waals surface area contributed by atoms with E-state index >= 15 is 0 Å². The molecule has 0 N–H and O–H groups in total. The van der Waals surface area contributed by atoms with Crippen LogP contribution in [-0.2, 0) is 4.74 Å². The number of fused-ring (bicyclic) bond motifs is 1.